The summed E-state index contributed by atoms with van der Waals surface area (Å²) in [5.41, 5.74) is 0.628. The molecule has 90 valence electrons. The van der Waals surface area contributed by atoms with Gasteiger partial charge in [-0.15, -0.1) is 0 Å². The van der Waals surface area contributed by atoms with Gasteiger partial charge in [-0.25, -0.2) is 4.39 Å². The van der Waals surface area contributed by atoms with Gasteiger partial charge < -0.3 is 5.32 Å². The van der Waals surface area contributed by atoms with Crippen LogP contribution in [0.4, 0.5) is 4.39 Å². The fraction of sp³-hybridized carbons (Fsp3) is 0.500. The van der Waals surface area contributed by atoms with E-state index in [1.807, 2.05) is 11.8 Å². The Morgan fingerprint density at radius 1 is 1.50 bits per heavy atom. The fourth-order valence-corrected chi connectivity index (χ4v) is 2.14. The molecule has 0 saturated heterocycles. The zero-order valence-corrected chi connectivity index (χ0v) is 11.2. The number of benzene rings is 1. The molecule has 0 bridgehead atoms. The van der Waals surface area contributed by atoms with Gasteiger partial charge in [0, 0.05) is 23.2 Å². The Morgan fingerprint density at radius 2 is 2.25 bits per heavy atom. The third kappa shape index (κ3) is 4.73. The molecule has 0 spiro atoms. The lowest BCUT2D eigenvalue weighted by Crippen LogP contribution is -2.26. The molecule has 1 unspecified atom stereocenters. The Balaban J connectivity index is 2.44. The molecule has 0 aromatic heterocycles. The molecule has 0 saturated carbocycles. The van der Waals surface area contributed by atoms with Crippen molar-refractivity contribution in [1.82, 2.24) is 5.32 Å². The zero-order valence-electron chi connectivity index (χ0n) is 9.59. The number of hydrogen-bond acceptors (Lipinski definition) is 2. The van der Waals surface area contributed by atoms with Crippen LogP contribution >= 0.6 is 23.4 Å². The van der Waals surface area contributed by atoms with Crippen LogP contribution in [0.25, 0.3) is 0 Å². The summed E-state index contributed by atoms with van der Waals surface area (Å²) in [6.45, 7) is 2.64. The predicted molar refractivity (Wildman–Crippen MR) is 70.7 cm³/mol. The van der Waals surface area contributed by atoms with Gasteiger partial charge in [-0.3, -0.25) is 0 Å². The number of thioether (sulfide) groups is 1. The summed E-state index contributed by atoms with van der Waals surface area (Å²) < 4.78 is 13.4. The highest BCUT2D eigenvalue weighted by atomic mass is 35.5. The summed E-state index contributed by atoms with van der Waals surface area (Å²) in [4.78, 5) is 0. The lowest BCUT2D eigenvalue weighted by molar-refractivity contribution is 0.519. The second-order valence-corrected chi connectivity index (χ2v) is 5.22. The molecule has 4 heteroatoms. The third-order valence-corrected chi connectivity index (χ3v) is 3.28. The van der Waals surface area contributed by atoms with Crippen molar-refractivity contribution in [3.05, 3.63) is 34.6 Å². The molecule has 1 N–H and O–H groups in total. The summed E-state index contributed by atoms with van der Waals surface area (Å²) in [7, 11) is 0. The first-order valence-electron chi connectivity index (χ1n) is 5.29. The second-order valence-electron chi connectivity index (χ2n) is 3.80. The molecule has 1 nitrogen and oxygen atoms in total. The van der Waals surface area contributed by atoms with E-state index in [1.54, 1.807) is 12.1 Å². The van der Waals surface area contributed by atoms with Crippen LogP contribution in [0.1, 0.15) is 18.9 Å². The number of rotatable bonds is 6. The SMILES string of the molecule is CSCCC(C)NCc1cc(Cl)ccc1F. The van der Waals surface area contributed by atoms with Gasteiger partial charge in [-0.1, -0.05) is 11.6 Å². The molecule has 0 aliphatic carbocycles. The average Bonchev–Trinajstić information content (AvgIpc) is 2.27. The topological polar surface area (TPSA) is 12.0 Å². The maximum absolute atomic E-state index is 13.4. The van der Waals surface area contributed by atoms with E-state index in [4.69, 9.17) is 11.6 Å². The Morgan fingerprint density at radius 3 is 2.94 bits per heavy atom. The maximum Gasteiger partial charge on any atom is 0.127 e. The van der Waals surface area contributed by atoms with Gasteiger partial charge in [0.2, 0.25) is 0 Å². The predicted octanol–water partition coefficient (Wildman–Crippen LogP) is 3.71. The minimum atomic E-state index is -0.200. The van der Waals surface area contributed by atoms with E-state index >= 15 is 0 Å². The second kappa shape index (κ2) is 7.15. The molecule has 1 aromatic rings. The minimum absolute atomic E-state index is 0.200. The van der Waals surface area contributed by atoms with Gasteiger partial charge in [0.25, 0.3) is 0 Å². The largest absolute Gasteiger partial charge is 0.310 e. The number of halogens is 2. The highest BCUT2D eigenvalue weighted by molar-refractivity contribution is 7.98. The quantitative estimate of drug-likeness (QED) is 0.838. The van der Waals surface area contributed by atoms with Gasteiger partial charge in [-0.05, 0) is 43.6 Å². The molecular weight excluding hydrogens is 245 g/mol. The van der Waals surface area contributed by atoms with E-state index in [1.165, 1.54) is 6.07 Å². The first-order valence-corrected chi connectivity index (χ1v) is 7.07. The number of hydrogen-bond donors (Lipinski definition) is 1. The van der Waals surface area contributed by atoms with Gasteiger partial charge in [0.1, 0.15) is 5.82 Å². The molecule has 0 heterocycles. The summed E-state index contributed by atoms with van der Waals surface area (Å²) in [5, 5.41) is 3.87. The summed E-state index contributed by atoms with van der Waals surface area (Å²) in [5.74, 6) is 0.917. The van der Waals surface area contributed by atoms with E-state index < -0.39 is 0 Å². The van der Waals surface area contributed by atoms with Crippen molar-refractivity contribution in [3.8, 4) is 0 Å². The molecular formula is C12H17ClFNS. The van der Waals surface area contributed by atoms with E-state index in [0.717, 1.165) is 12.2 Å². The van der Waals surface area contributed by atoms with Crippen molar-refractivity contribution in [1.29, 1.82) is 0 Å². The molecule has 16 heavy (non-hydrogen) atoms. The van der Waals surface area contributed by atoms with Crippen LogP contribution < -0.4 is 5.32 Å². The van der Waals surface area contributed by atoms with Crippen molar-refractivity contribution in [2.24, 2.45) is 0 Å². The van der Waals surface area contributed by atoms with E-state index in [0.29, 0.717) is 23.2 Å². The third-order valence-electron chi connectivity index (χ3n) is 2.40. The van der Waals surface area contributed by atoms with Gasteiger partial charge >= 0.3 is 0 Å². The lowest BCUT2D eigenvalue weighted by Gasteiger charge is -2.13. The Kier molecular flexibility index (Phi) is 6.17. The van der Waals surface area contributed by atoms with Crippen LogP contribution in [0.15, 0.2) is 18.2 Å². The summed E-state index contributed by atoms with van der Waals surface area (Å²) in [6, 6.07) is 5.04. The Hall–Kier alpha value is -0.250. The molecule has 0 fully saturated rings. The Bertz CT molecular complexity index is 333. The monoisotopic (exact) mass is 261 g/mol. The van der Waals surface area contributed by atoms with Gasteiger partial charge in [0.05, 0.1) is 0 Å². The van der Waals surface area contributed by atoms with Gasteiger partial charge in [-0.2, -0.15) is 11.8 Å². The van der Waals surface area contributed by atoms with Crippen LogP contribution in [0.2, 0.25) is 5.02 Å². The van der Waals surface area contributed by atoms with Crippen LogP contribution in [0.5, 0.6) is 0 Å². The van der Waals surface area contributed by atoms with Crippen molar-refractivity contribution in [3.63, 3.8) is 0 Å². The van der Waals surface area contributed by atoms with Crippen molar-refractivity contribution < 1.29 is 4.39 Å². The van der Waals surface area contributed by atoms with E-state index in [2.05, 4.69) is 18.5 Å². The first kappa shape index (κ1) is 13.8. The van der Waals surface area contributed by atoms with E-state index in [9.17, 15) is 4.39 Å². The Labute approximate surface area is 106 Å². The molecule has 0 amide bonds. The number of nitrogens with one attached hydrogen (secondary N) is 1. The first-order chi connectivity index (χ1) is 7.63. The normalized spacial score (nSPS) is 12.8. The lowest BCUT2D eigenvalue weighted by atomic mass is 10.2. The molecule has 1 atom stereocenters. The van der Waals surface area contributed by atoms with Gasteiger partial charge in [0.15, 0.2) is 0 Å². The summed E-state index contributed by atoms with van der Waals surface area (Å²) >= 11 is 7.64. The molecule has 0 aliphatic rings. The van der Waals surface area contributed by atoms with Crippen LogP contribution in [0.3, 0.4) is 0 Å². The highest BCUT2D eigenvalue weighted by Gasteiger charge is 2.05. The molecule has 1 rings (SSSR count). The van der Waals surface area contributed by atoms with Crippen molar-refractivity contribution >= 4 is 23.4 Å². The average molecular weight is 262 g/mol. The van der Waals surface area contributed by atoms with Crippen molar-refractivity contribution in [2.75, 3.05) is 12.0 Å². The molecule has 0 aliphatic heterocycles. The minimum Gasteiger partial charge on any atom is -0.310 e. The molecule has 1 aromatic carbocycles. The summed E-state index contributed by atoms with van der Waals surface area (Å²) in [6.07, 6.45) is 3.17. The van der Waals surface area contributed by atoms with Crippen LogP contribution in [-0.4, -0.2) is 18.1 Å². The maximum atomic E-state index is 13.4. The van der Waals surface area contributed by atoms with E-state index in [-0.39, 0.29) is 5.82 Å². The van der Waals surface area contributed by atoms with Crippen LogP contribution in [0, 0.1) is 5.82 Å². The zero-order chi connectivity index (χ0) is 12.0. The standard InChI is InChI=1S/C12H17ClFNS/c1-9(5-6-16-2)15-8-10-7-11(13)3-4-12(10)14/h3-4,7,9,15H,5-6,8H2,1-2H3. The van der Waals surface area contributed by atoms with Crippen LogP contribution in [-0.2, 0) is 6.54 Å². The highest BCUT2D eigenvalue weighted by Crippen LogP contribution is 2.15. The smallest absolute Gasteiger partial charge is 0.127 e. The molecule has 0 radical (unpaired) electrons. The van der Waals surface area contributed by atoms with Crippen molar-refractivity contribution in [2.45, 2.75) is 25.9 Å². The fourth-order valence-electron chi connectivity index (χ4n) is 1.36.